The molecular formula is C23H23N5O2. The summed E-state index contributed by atoms with van der Waals surface area (Å²) in [6.07, 6.45) is 5.41. The molecule has 4 rings (SSSR count). The van der Waals surface area contributed by atoms with Crippen LogP contribution in [0.5, 0.6) is 11.6 Å². The lowest BCUT2D eigenvalue weighted by molar-refractivity contribution is 0.207. The van der Waals surface area contributed by atoms with Gasteiger partial charge in [0.25, 0.3) is 0 Å². The van der Waals surface area contributed by atoms with Crippen molar-refractivity contribution in [2.45, 2.75) is 19.8 Å². The third kappa shape index (κ3) is 5.20. The molecular weight excluding hydrogens is 378 g/mol. The fourth-order valence-electron chi connectivity index (χ4n) is 3.30. The van der Waals surface area contributed by atoms with Crippen molar-refractivity contribution in [3.8, 4) is 11.6 Å². The van der Waals surface area contributed by atoms with Gasteiger partial charge in [-0.1, -0.05) is 29.8 Å². The van der Waals surface area contributed by atoms with Gasteiger partial charge in [0.2, 0.25) is 5.88 Å². The highest BCUT2D eigenvalue weighted by molar-refractivity contribution is 5.88. The number of aromatic nitrogens is 3. The third-order valence-corrected chi connectivity index (χ3v) is 4.81. The summed E-state index contributed by atoms with van der Waals surface area (Å²) in [5.74, 6) is 1.80. The number of aryl methyl sites for hydroxylation is 1. The summed E-state index contributed by atoms with van der Waals surface area (Å²) in [5, 5.41) is 10.4. The molecule has 1 aliphatic heterocycles. The summed E-state index contributed by atoms with van der Waals surface area (Å²) in [7, 11) is 0. The van der Waals surface area contributed by atoms with Crippen molar-refractivity contribution in [1.82, 2.24) is 20.1 Å². The highest BCUT2D eigenvalue weighted by atomic mass is 16.5. The minimum Gasteiger partial charge on any atom is -0.439 e. The molecule has 1 aliphatic rings. The van der Waals surface area contributed by atoms with E-state index >= 15 is 0 Å². The van der Waals surface area contributed by atoms with E-state index in [2.05, 4.69) is 32.6 Å². The van der Waals surface area contributed by atoms with Gasteiger partial charge in [0.15, 0.2) is 5.82 Å². The molecule has 7 heteroatoms. The first-order valence-corrected chi connectivity index (χ1v) is 9.90. The molecule has 152 valence electrons. The minimum absolute atomic E-state index is 0.143. The fraction of sp³-hybridized carbons (Fsp3) is 0.217. The number of benzene rings is 1. The molecule has 2 aromatic heterocycles. The number of piperidine rings is 1. The lowest BCUT2D eigenvalue weighted by atomic mass is 10.0. The monoisotopic (exact) mass is 401 g/mol. The van der Waals surface area contributed by atoms with Crippen LogP contribution in [0.4, 0.5) is 10.6 Å². The van der Waals surface area contributed by atoms with Gasteiger partial charge in [-0.15, -0.1) is 5.10 Å². The van der Waals surface area contributed by atoms with E-state index in [1.54, 1.807) is 23.2 Å². The number of carbonyl (C=O) groups excluding carboxylic acids is 1. The van der Waals surface area contributed by atoms with Gasteiger partial charge in [-0.25, -0.2) is 9.78 Å². The summed E-state index contributed by atoms with van der Waals surface area (Å²) >= 11 is 0. The number of hydrogen-bond donors (Lipinski definition) is 1. The van der Waals surface area contributed by atoms with Gasteiger partial charge in [-0.2, -0.15) is 5.10 Å². The molecule has 1 fully saturated rings. The third-order valence-electron chi connectivity index (χ3n) is 4.81. The highest BCUT2D eigenvalue weighted by Crippen LogP contribution is 2.24. The van der Waals surface area contributed by atoms with Gasteiger partial charge < -0.3 is 9.64 Å². The molecule has 0 aliphatic carbocycles. The van der Waals surface area contributed by atoms with Gasteiger partial charge >= 0.3 is 6.03 Å². The second-order valence-corrected chi connectivity index (χ2v) is 7.12. The Kier molecular flexibility index (Phi) is 5.98. The Morgan fingerprint density at radius 3 is 2.70 bits per heavy atom. The first-order valence-electron chi connectivity index (χ1n) is 9.90. The number of hydrogen-bond acceptors (Lipinski definition) is 5. The van der Waals surface area contributed by atoms with E-state index in [1.807, 2.05) is 43.3 Å². The standard InChI is InChI=1S/C23H23N5O2/c1-17-5-2-9-22(25-17)30-20-7-3-6-19(16-20)15-18-10-13-28(14-11-18)23(29)26-21-8-4-12-24-27-21/h2-9,12,15-16H,10-11,13-14H2,1H3,(H,26,27,29). The summed E-state index contributed by atoms with van der Waals surface area (Å²) in [6.45, 7) is 3.27. The molecule has 0 atom stereocenters. The SMILES string of the molecule is Cc1cccc(Oc2cccc(C=C3CCN(C(=O)Nc4cccnn4)CC3)c2)n1. The number of anilines is 1. The zero-order valence-electron chi connectivity index (χ0n) is 16.8. The number of carbonyl (C=O) groups is 1. The van der Waals surface area contributed by atoms with Crippen LogP contribution in [0.25, 0.3) is 6.08 Å². The molecule has 30 heavy (non-hydrogen) atoms. The molecule has 0 saturated carbocycles. The first kappa shape index (κ1) is 19.6. The van der Waals surface area contributed by atoms with Crippen LogP contribution in [0.3, 0.4) is 0 Å². The second-order valence-electron chi connectivity index (χ2n) is 7.12. The number of pyridine rings is 1. The molecule has 2 amide bonds. The maximum Gasteiger partial charge on any atom is 0.323 e. The highest BCUT2D eigenvalue weighted by Gasteiger charge is 2.19. The Bertz CT molecular complexity index is 1040. The zero-order chi connectivity index (χ0) is 20.8. The lowest BCUT2D eigenvalue weighted by Gasteiger charge is -2.28. The van der Waals surface area contributed by atoms with Crippen LogP contribution in [-0.2, 0) is 0 Å². The van der Waals surface area contributed by atoms with E-state index < -0.39 is 0 Å². The number of amides is 2. The summed E-state index contributed by atoms with van der Waals surface area (Å²) in [4.78, 5) is 18.6. The molecule has 1 saturated heterocycles. The van der Waals surface area contributed by atoms with E-state index in [1.165, 1.54) is 5.57 Å². The van der Waals surface area contributed by atoms with E-state index in [9.17, 15) is 4.79 Å². The van der Waals surface area contributed by atoms with Crippen LogP contribution in [0, 0.1) is 6.92 Å². The zero-order valence-corrected chi connectivity index (χ0v) is 16.8. The number of urea groups is 1. The Morgan fingerprint density at radius 1 is 1.10 bits per heavy atom. The first-order chi connectivity index (χ1) is 14.7. The maximum atomic E-state index is 12.4. The number of rotatable bonds is 4. The molecule has 0 radical (unpaired) electrons. The summed E-state index contributed by atoms with van der Waals surface area (Å²) in [5.41, 5.74) is 3.30. The van der Waals surface area contributed by atoms with Crippen LogP contribution in [0.15, 0.2) is 66.4 Å². The number of likely N-dealkylation sites (tertiary alicyclic amines) is 1. The van der Waals surface area contributed by atoms with E-state index in [0.29, 0.717) is 24.8 Å². The van der Waals surface area contributed by atoms with E-state index in [0.717, 1.165) is 29.8 Å². The molecule has 0 bridgehead atoms. The molecule has 0 unspecified atom stereocenters. The van der Waals surface area contributed by atoms with Crippen molar-refractivity contribution in [2.24, 2.45) is 0 Å². The fourth-order valence-corrected chi connectivity index (χ4v) is 3.30. The quantitative estimate of drug-likeness (QED) is 0.686. The van der Waals surface area contributed by atoms with Gasteiger partial charge in [0.05, 0.1) is 0 Å². The van der Waals surface area contributed by atoms with Crippen molar-refractivity contribution in [3.05, 3.63) is 77.6 Å². The Balaban J connectivity index is 1.35. The predicted octanol–water partition coefficient (Wildman–Crippen LogP) is 4.68. The smallest absolute Gasteiger partial charge is 0.323 e. The molecule has 1 N–H and O–H groups in total. The topological polar surface area (TPSA) is 80.2 Å². The van der Waals surface area contributed by atoms with Crippen LogP contribution in [0.1, 0.15) is 24.1 Å². The largest absolute Gasteiger partial charge is 0.439 e. The lowest BCUT2D eigenvalue weighted by Crippen LogP contribution is -2.39. The number of ether oxygens (including phenoxy) is 1. The molecule has 3 heterocycles. The summed E-state index contributed by atoms with van der Waals surface area (Å²) < 4.78 is 5.88. The minimum atomic E-state index is -0.143. The van der Waals surface area contributed by atoms with Crippen LogP contribution in [-0.4, -0.2) is 39.2 Å². The van der Waals surface area contributed by atoms with Crippen molar-refractivity contribution < 1.29 is 9.53 Å². The van der Waals surface area contributed by atoms with E-state index in [4.69, 9.17) is 4.74 Å². The van der Waals surface area contributed by atoms with Gasteiger partial charge in [-0.05, 0) is 55.7 Å². The molecule has 0 spiro atoms. The van der Waals surface area contributed by atoms with Crippen LogP contribution in [0.2, 0.25) is 0 Å². The second kappa shape index (κ2) is 9.17. The average Bonchev–Trinajstić information content (AvgIpc) is 2.75. The Labute approximate surface area is 175 Å². The Morgan fingerprint density at radius 2 is 1.93 bits per heavy atom. The molecule has 1 aromatic carbocycles. The number of nitrogens with zero attached hydrogens (tertiary/aromatic N) is 4. The maximum absolute atomic E-state index is 12.4. The van der Waals surface area contributed by atoms with Crippen molar-refractivity contribution in [3.63, 3.8) is 0 Å². The normalized spacial score (nSPS) is 13.6. The van der Waals surface area contributed by atoms with Crippen molar-refractivity contribution >= 4 is 17.9 Å². The van der Waals surface area contributed by atoms with E-state index in [-0.39, 0.29) is 6.03 Å². The number of nitrogens with one attached hydrogen (secondary N) is 1. The van der Waals surface area contributed by atoms with Gasteiger partial charge in [0, 0.05) is 31.0 Å². The van der Waals surface area contributed by atoms with Crippen LogP contribution >= 0.6 is 0 Å². The van der Waals surface area contributed by atoms with Crippen molar-refractivity contribution in [1.29, 1.82) is 0 Å². The van der Waals surface area contributed by atoms with Gasteiger partial charge in [-0.3, -0.25) is 5.32 Å². The van der Waals surface area contributed by atoms with Gasteiger partial charge in [0.1, 0.15) is 5.75 Å². The Hall–Kier alpha value is -3.74. The predicted molar refractivity (Wildman–Crippen MR) is 115 cm³/mol. The molecule has 7 nitrogen and oxygen atoms in total. The molecule has 3 aromatic rings. The van der Waals surface area contributed by atoms with Crippen molar-refractivity contribution in [2.75, 3.05) is 18.4 Å². The average molecular weight is 401 g/mol. The van der Waals surface area contributed by atoms with Crippen LogP contribution < -0.4 is 10.1 Å². The summed E-state index contributed by atoms with van der Waals surface area (Å²) in [6, 6.07) is 17.0.